The van der Waals surface area contributed by atoms with Crippen molar-refractivity contribution in [2.45, 2.75) is 19.8 Å². The molecule has 2 heteroatoms. The van der Waals surface area contributed by atoms with Gasteiger partial charge in [-0.15, -0.1) is 0 Å². The van der Waals surface area contributed by atoms with Gasteiger partial charge in [0.2, 0.25) is 5.91 Å². The lowest BCUT2D eigenvalue weighted by molar-refractivity contribution is -0.125. The lowest BCUT2D eigenvalue weighted by Crippen LogP contribution is -2.32. The Morgan fingerprint density at radius 2 is 2.33 bits per heavy atom. The fourth-order valence-corrected chi connectivity index (χ4v) is 2.39. The largest absolute Gasteiger partial charge is 0.356 e. The molecule has 1 amide bonds. The molecule has 2 bridgehead atoms. The van der Waals surface area contributed by atoms with Crippen LogP contribution < -0.4 is 5.32 Å². The molecule has 0 saturated heterocycles. The van der Waals surface area contributed by atoms with E-state index in [4.69, 9.17) is 0 Å². The highest BCUT2D eigenvalue weighted by Crippen LogP contribution is 2.43. The molecule has 3 unspecified atom stereocenters. The molecular formula is C10H15NO. The van der Waals surface area contributed by atoms with Crippen molar-refractivity contribution in [3.8, 4) is 0 Å². The van der Waals surface area contributed by atoms with Crippen molar-refractivity contribution in [2.24, 2.45) is 17.8 Å². The molecule has 3 atom stereocenters. The fourth-order valence-electron chi connectivity index (χ4n) is 2.39. The van der Waals surface area contributed by atoms with E-state index in [0.29, 0.717) is 11.8 Å². The Morgan fingerprint density at radius 3 is 2.83 bits per heavy atom. The molecule has 66 valence electrons. The number of rotatable bonds is 2. The third-order valence-electron chi connectivity index (χ3n) is 2.97. The molecule has 2 aliphatic carbocycles. The molecule has 12 heavy (non-hydrogen) atoms. The second-order valence-corrected chi connectivity index (χ2v) is 3.78. The van der Waals surface area contributed by atoms with E-state index in [1.54, 1.807) is 0 Å². The summed E-state index contributed by atoms with van der Waals surface area (Å²) in [6.07, 6.45) is 6.77. The molecule has 0 spiro atoms. The summed E-state index contributed by atoms with van der Waals surface area (Å²) in [4.78, 5) is 11.5. The van der Waals surface area contributed by atoms with Crippen LogP contribution in [-0.2, 0) is 4.79 Å². The van der Waals surface area contributed by atoms with Crippen LogP contribution in [-0.4, -0.2) is 12.5 Å². The van der Waals surface area contributed by atoms with Crippen molar-refractivity contribution >= 4 is 5.91 Å². The van der Waals surface area contributed by atoms with Crippen molar-refractivity contribution < 1.29 is 4.79 Å². The van der Waals surface area contributed by atoms with Gasteiger partial charge in [-0.3, -0.25) is 4.79 Å². The predicted octanol–water partition coefficient (Wildman–Crippen LogP) is 1.33. The lowest BCUT2D eigenvalue weighted by atomic mass is 9.93. The average Bonchev–Trinajstić information content (AvgIpc) is 2.64. The van der Waals surface area contributed by atoms with Crippen LogP contribution in [0.25, 0.3) is 0 Å². The van der Waals surface area contributed by atoms with Crippen LogP contribution >= 0.6 is 0 Å². The van der Waals surface area contributed by atoms with Gasteiger partial charge in [0.15, 0.2) is 0 Å². The number of amides is 1. The van der Waals surface area contributed by atoms with Crippen LogP contribution in [0.5, 0.6) is 0 Å². The van der Waals surface area contributed by atoms with Gasteiger partial charge < -0.3 is 5.32 Å². The summed E-state index contributed by atoms with van der Waals surface area (Å²) >= 11 is 0. The molecule has 1 N–H and O–H groups in total. The Bertz CT molecular complexity index is 222. The van der Waals surface area contributed by atoms with Gasteiger partial charge in [-0.05, 0) is 31.6 Å². The third kappa shape index (κ3) is 1.15. The van der Waals surface area contributed by atoms with Crippen LogP contribution in [0, 0.1) is 17.8 Å². The molecule has 0 heterocycles. The smallest absolute Gasteiger partial charge is 0.223 e. The Balaban J connectivity index is 1.98. The third-order valence-corrected chi connectivity index (χ3v) is 2.97. The predicted molar refractivity (Wildman–Crippen MR) is 47.5 cm³/mol. The monoisotopic (exact) mass is 165 g/mol. The molecule has 0 aromatic carbocycles. The van der Waals surface area contributed by atoms with E-state index in [1.165, 1.54) is 6.42 Å². The molecule has 2 aliphatic rings. The number of fused-ring (bicyclic) bond motifs is 2. The lowest BCUT2D eigenvalue weighted by Gasteiger charge is -2.16. The fraction of sp³-hybridized carbons (Fsp3) is 0.700. The molecule has 0 radical (unpaired) electrons. The number of hydrogen-bond donors (Lipinski definition) is 1. The zero-order valence-electron chi connectivity index (χ0n) is 7.42. The van der Waals surface area contributed by atoms with Crippen molar-refractivity contribution in [2.75, 3.05) is 6.54 Å². The average molecular weight is 165 g/mol. The van der Waals surface area contributed by atoms with Gasteiger partial charge >= 0.3 is 0 Å². The number of allylic oxidation sites excluding steroid dienone is 2. The second-order valence-electron chi connectivity index (χ2n) is 3.78. The maximum absolute atomic E-state index is 11.5. The highest BCUT2D eigenvalue weighted by Gasteiger charge is 2.39. The summed E-state index contributed by atoms with van der Waals surface area (Å²) in [6, 6.07) is 0. The maximum atomic E-state index is 11.5. The highest BCUT2D eigenvalue weighted by atomic mass is 16.1. The van der Waals surface area contributed by atoms with Gasteiger partial charge in [0.05, 0.1) is 0 Å². The summed E-state index contributed by atoms with van der Waals surface area (Å²) in [5.41, 5.74) is 0. The maximum Gasteiger partial charge on any atom is 0.223 e. The SMILES string of the molecule is CCNC(=O)C1CC2C=CC1C2. The summed E-state index contributed by atoms with van der Waals surface area (Å²) < 4.78 is 0. The van der Waals surface area contributed by atoms with Gasteiger partial charge in [-0.2, -0.15) is 0 Å². The van der Waals surface area contributed by atoms with E-state index < -0.39 is 0 Å². The minimum absolute atomic E-state index is 0.259. The quantitative estimate of drug-likeness (QED) is 0.614. The standard InChI is InChI=1S/C10H15NO/c1-2-11-10(12)9-6-7-3-4-8(9)5-7/h3-4,7-9H,2,5-6H2,1H3,(H,11,12). The first kappa shape index (κ1) is 7.84. The first-order valence-corrected chi connectivity index (χ1v) is 4.77. The van der Waals surface area contributed by atoms with Gasteiger partial charge in [0.1, 0.15) is 0 Å². The van der Waals surface area contributed by atoms with Gasteiger partial charge in [0.25, 0.3) is 0 Å². The van der Waals surface area contributed by atoms with Crippen LogP contribution in [0.3, 0.4) is 0 Å². The molecule has 0 aliphatic heterocycles. The van der Waals surface area contributed by atoms with E-state index in [9.17, 15) is 4.79 Å². The van der Waals surface area contributed by atoms with Crippen LogP contribution in [0.2, 0.25) is 0 Å². The second kappa shape index (κ2) is 2.92. The molecule has 1 saturated carbocycles. The van der Waals surface area contributed by atoms with Crippen molar-refractivity contribution in [1.29, 1.82) is 0 Å². The first-order valence-electron chi connectivity index (χ1n) is 4.77. The Kier molecular flexibility index (Phi) is 1.91. The minimum Gasteiger partial charge on any atom is -0.356 e. The van der Waals surface area contributed by atoms with E-state index in [2.05, 4.69) is 17.5 Å². The molecule has 2 rings (SSSR count). The molecule has 0 aromatic heterocycles. The summed E-state index contributed by atoms with van der Waals surface area (Å²) in [5.74, 6) is 1.78. The van der Waals surface area contributed by atoms with E-state index in [-0.39, 0.29) is 11.8 Å². The van der Waals surface area contributed by atoms with E-state index in [1.807, 2.05) is 6.92 Å². The number of hydrogen-bond acceptors (Lipinski definition) is 1. The molecule has 2 nitrogen and oxygen atoms in total. The zero-order chi connectivity index (χ0) is 8.55. The highest BCUT2D eigenvalue weighted by molar-refractivity contribution is 5.79. The van der Waals surface area contributed by atoms with Gasteiger partial charge in [-0.25, -0.2) is 0 Å². The topological polar surface area (TPSA) is 29.1 Å². The van der Waals surface area contributed by atoms with Gasteiger partial charge in [-0.1, -0.05) is 12.2 Å². The van der Waals surface area contributed by atoms with E-state index >= 15 is 0 Å². The summed E-state index contributed by atoms with van der Waals surface area (Å²) in [7, 11) is 0. The Morgan fingerprint density at radius 1 is 1.50 bits per heavy atom. The molecule has 0 aromatic rings. The van der Waals surface area contributed by atoms with E-state index in [0.717, 1.165) is 13.0 Å². The Labute approximate surface area is 73.0 Å². The Hall–Kier alpha value is -0.790. The van der Waals surface area contributed by atoms with Crippen molar-refractivity contribution in [1.82, 2.24) is 5.32 Å². The first-order chi connectivity index (χ1) is 5.81. The summed E-state index contributed by atoms with van der Waals surface area (Å²) in [6.45, 7) is 2.73. The van der Waals surface area contributed by atoms with Crippen molar-refractivity contribution in [3.63, 3.8) is 0 Å². The minimum atomic E-state index is 0.259. The normalized spacial score (nSPS) is 37.2. The number of carbonyl (C=O) groups excluding carboxylic acids is 1. The van der Waals surface area contributed by atoms with Crippen LogP contribution in [0.15, 0.2) is 12.2 Å². The molecular weight excluding hydrogens is 150 g/mol. The molecule has 1 fully saturated rings. The number of nitrogens with one attached hydrogen (secondary N) is 1. The summed E-state index contributed by atoms with van der Waals surface area (Å²) in [5, 5.41) is 2.90. The zero-order valence-corrected chi connectivity index (χ0v) is 7.42. The van der Waals surface area contributed by atoms with Crippen LogP contribution in [0.4, 0.5) is 0 Å². The number of carbonyl (C=O) groups is 1. The van der Waals surface area contributed by atoms with Gasteiger partial charge in [0, 0.05) is 12.5 Å². The van der Waals surface area contributed by atoms with Crippen molar-refractivity contribution in [3.05, 3.63) is 12.2 Å². The van der Waals surface area contributed by atoms with Crippen LogP contribution in [0.1, 0.15) is 19.8 Å².